The van der Waals surface area contributed by atoms with Gasteiger partial charge in [0.25, 0.3) is 5.91 Å². The first-order valence-electron chi connectivity index (χ1n) is 11.1. The molecule has 8 heteroatoms. The van der Waals surface area contributed by atoms with E-state index in [0.29, 0.717) is 25.2 Å². The molecule has 1 aromatic heterocycles. The number of carbonyl (C=O) groups is 1. The van der Waals surface area contributed by atoms with Crippen molar-refractivity contribution in [3.8, 4) is 0 Å². The molecule has 31 heavy (non-hydrogen) atoms. The molecule has 1 aromatic carbocycles. The molecule has 0 bridgehead atoms. The van der Waals surface area contributed by atoms with E-state index < -0.39 is 10.0 Å². The molecule has 2 fully saturated rings. The third-order valence-electron chi connectivity index (χ3n) is 6.41. The van der Waals surface area contributed by atoms with Gasteiger partial charge in [-0.1, -0.05) is 13.0 Å². The molecule has 0 aliphatic carbocycles. The summed E-state index contributed by atoms with van der Waals surface area (Å²) in [5, 5.41) is 5.15. The predicted molar refractivity (Wildman–Crippen MR) is 124 cm³/mol. The van der Waals surface area contributed by atoms with Gasteiger partial charge in [0.2, 0.25) is 10.0 Å². The third-order valence-corrected chi connectivity index (χ3v) is 9.29. The van der Waals surface area contributed by atoms with Gasteiger partial charge in [0.15, 0.2) is 0 Å². The van der Waals surface area contributed by atoms with Crippen LogP contribution in [-0.4, -0.2) is 56.3 Å². The molecule has 1 unspecified atom stereocenters. The van der Waals surface area contributed by atoms with Gasteiger partial charge in [-0.3, -0.25) is 9.69 Å². The van der Waals surface area contributed by atoms with Crippen LogP contribution in [0.4, 0.5) is 0 Å². The Morgan fingerprint density at radius 1 is 1.10 bits per heavy atom. The maximum atomic E-state index is 12.8. The van der Waals surface area contributed by atoms with Gasteiger partial charge in [0, 0.05) is 30.1 Å². The van der Waals surface area contributed by atoms with Crippen molar-refractivity contribution in [3.63, 3.8) is 0 Å². The minimum Gasteiger partial charge on any atom is -0.350 e. The quantitative estimate of drug-likeness (QED) is 0.682. The minimum absolute atomic E-state index is 0.169. The van der Waals surface area contributed by atoms with Crippen molar-refractivity contribution < 1.29 is 13.2 Å². The normalized spacial score (nSPS) is 20.0. The Morgan fingerprint density at radius 3 is 2.39 bits per heavy atom. The monoisotopic (exact) mass is 461 g/mol. The zero-order valence-corrected chi connectivity index (χ0v) is 19.6. The number of benzene rings is 1. The number of nitrogens with one attached hydrogen (secondary N) is 1. The van der Waals surface area contributed by atoms with Crippen LogP contribution < -0.4 is 5.32 Å². The summed E-state index contributed by atoms with van der Waals surface area (Å²) >= 11 is 1.73. The van der Waals surface area contributed by atoms with Crippen LogP contribution in [0.25, 0.3) is 0 Å². The van der Waals surface area contributed by atoms with Crippen molar-refractivity contribution in [2.75, 3.05) is 32.7 Å². The standard InChI is InChI=1S/C23H31N3O3S2/c1-18-10-14-25(15-11-18)21(22-5-4-16-30-22)17-24-23(27)19-6-8-20(9-7-19)31(28,29)26-12-2-3-13-26/h4-9,16,18,21H,2-3,10-15,17H2,1H3,(H,24,27). The number of rotatable bonds is 7. The summed E-state index contributed by atoms with van der Waals surface area (Å²) < 4.78 is 26.9. The summed E-state index contributed by atoms with van der Waals surface area (Å²) in [6.45, 7) is 6.08. The van der Waals surface area contributed by atoms with Crippen LogP contribution >= 0.6 is 11.3 Å². The van der Waals surface area contributed by atoms with E-state index in [1.165, 1.54) is 22.0 Å². The summed E-state index contributed by atoms with van der Waals surface area (Å²) in [7, 11) is -3.46. The lowest BCUT2D eigenvalue weighted by atomic mass is 9.97. The summed E-state index contributed by atoms with van der Waals surface area (Å²) in [4.78, 5) is 16.8. The van der Waals surface area contributed by atoms with Crippen LogP contribution in [0, 0.1) is 5.92 Å². The number of likely N-dealkylation sites (tertiary alicyclic amines) is 1. The molecule has 1 N–H and O–H groups in total. The first-order valence-corrected chi connectivity index (χ1v) is 13.4. The third kappa shape index (κ3) is 5.19. The van der Waals surface area contributed by atoms with Crippen LogP contribution in [0.1, 0.15) is 53.9 Å². The van der Waals surface area contributed by atoms with Gasteiger partial charge < -0.3 is 5.32 Å². The lowest BCUT2D eigenvalue weighted by Gasteiger charge is -2.36. The molecule has 3 heterocycles. The van der Waals surface area contributed by atoms with Gasteiger partial charge in [0.1, 0.15) is 0 Å². The van der Waals surface area contributed by atoms with Crippen molar-refractivity contribution in [3.05, 3.63) is 52.2 Å². The molecule has 2 aliphatic heterocycles. The molecule has 2 aliphatic rings. The maximum Gasteiger partial charge on any atom is 0.251 e. The van der Waals surface area contributed by atoms with E-state index >= 15 is 0 Å². The summed E-state index contributed by atoms with van der Waals surface area (Å²) in [5.41, 5.74) is 0.484. The van der Waals surface area contributed by atoms with Crippen LogP contribution in [0.15, 0.2) is 46.7 Å². The van der Waals surface area contributed by atoms with E-state index in [9.17, 15) is 13.2 Å². The lowest BCUT2D eigenvalue weighted by Crippen LogP contribution is -2.41. The topological polar surface area (TPSA) is 69.7 Å². The highest BCUT2D eigenvalue weighted by Crippen LogP contribution is 2.29. The number of sulfonamides is 1. The van der Waals surface area contributed by atoms with Crippen molar-refractivity contribution >= 4 is 27.3 Å². The van der Waals surface area contributed by atoms with Gasteiger partial charge in [-0.05, 0) is 80.4 Å². The maximum absolute atomic E-state index is 12.8. The summed E-state index contributed by atoms with van der Waals surface area (Å²) in [6.07, 6.45) is 4.17. The van der Waals surface area contributed by atoms with Crippen LogP contribution in [-0.2, 0) is 10.0 Å². The number of hydrogen-bond acceptors (Lipinski definition) is 5. The lowest BCUT2D eigenvalue weighted by molar-refractivity contribution is 0.0915. The molecular formula is C23H31N3O3S2. The summed E-state index contributed by atoms with van der Waals surface area (Å²) in [5.74, 6) is 0.585. The fourth-order valence-electron chi connectivity index (χ4n) is 4.38. The van der Waals surface area contributed by atoms with Crippen LogP contribution in [0.5, 0.6) is 0 Å². The molecule has 2 saturated heterocycles. The molecular weight excluding hydrogens is 430 g/mol. The molecule has 168 valence electrons. The van der Waals surface area contributed by atoms with Crippen molar-refractivity contribution in [1.29, 1.82) is 0 Å². The first-order chi connectivity index (χ1) is 14.9. The van der Waals surface area contributed by atoms with Gasteiger partial charge >= 0.3 is 0 Å². The second kappa shape index (κ2) is 9.81. The number of nitrogens with zero attached hydrogens (tertiary/aromatic N) is 2. The van der Waals surface area contributed by atoms with Gasteiger partial charge in [-0.15, -0.1) is 11.3 Å². The molecule has 6 nitrogen and oxygen atoms in total. The number of carbonyl (C=O) groups excluding carboxylic acids is 1. The van der Waals surface area contributed by atoms with E-state index in [-0.39, 0.29) is 16.8 Å². The second-order valence-corrected chi connectivity index (χ2v) is 11.5. The van der Waals surface area contributed by atoms with Crippen molar-refractivity contribution in [2.24, 2.45) is 5.92 Å². The Hall–Kier alpha value is -1.74. The molecule has 2 aromatic rings. The van der Waals surface area contributed by atoms with Crippen molar-refractivity contribution in [1.82, 2.24) is 14.5 Å². The van der Waals surface area contributed by atoms with Gasteiger partial charge in [0.05, 0.1) is 10.9 Å². The number of amides is 1. The average Bonchev–Trinajstić information content (AvgIpc) is 3.50. The number of thiophene rings is 1. The highest BCUT2D eigenvalue weighted by atomic mass is 32.2. The van der Waals surface area contributed by atoms with Gasteiger partial charge in [-0.2, -0.15) is 4.31 Å². The highest BCUT2D eigenvalue weighted by molar-refractivity contribution is 7.89. The Labute approximate surface area is 189 Å². The number of hydrogen-bond donors (Lipinski definition) is 1. The van der Waals surface area contributed by atoms with E-state index in [1.807, 2.05) is 0 Å². The largest absolute Gasteiger partial charge is 0.350 e. The zero-order valence-electron chi connectivity index (χ0n) is 18.0. The number of piperidine rings is 1. The van der Waals surface area contributed by atoms with E-state index in [1.54, 1.807) is 35.6 Å². The average molecular weight is 462 g/mol. The molecule has 4 rings (SSSR count). The Kier molecular flexibility index (Phi) is 7.11. The van der Waals surface area contributed by atoms with E-state index in [0.717, 1.165) is 31.8 Å². The Balaban J connectivity index is 1.41. The zero-order chi connectivity index (χ0) is 21.8. The molecule has 0 saturated carbocycles. The predicted octanol–water partition coefficient (Wildman–Crippen LogP) is 3.74. The second-order valence-electron chi connectivity index (χ2n) is 8.60. The molecule has 1 atom stereocenters. The smallest absolute Gasteiger partial charge is 0.251 e. The molecule has 0 spiro atoms. The first kappa shape index (κ1) is 22.5. The fourth-order valence-corrected chi connectivity index (χ4v) is 6.76. The fraction of sp³-hybridized carbons (Fsp3) is 0.522. The van der Waals surface area contributed by atoms with Crippen LogP contribution in [0.3, 0.4) is 0 Å². The highest BCUT2D eigenvalue weighted by Gasteiger charge is 2.28. The van der Waals surface area contributed by atoms with Gasteiger partial charge in [-0.25, -0.2) is 8.42 Å². The van der Waals surface area contributed by atoms with Crippen molar-refractivity contribution in [2.45, 2.75) is 43.5 Å². The summed E-state index contributed by atoms with van der Waals surface area (Å²) in [6, 6.07) is 10.7. The minimum atomic E-state index is -3.46. The molecule has 0 radical (unpaired) electrons. The Bertz CT molecular complexity index is 960. The van der Waals surface area contributed by atoms with E-state index in [2.05, 4.69) is 34.7 Å². The van der Waals surface area contributed by atoms with E-state index in [4.69, 9.17) is 0 Å². The Morgan fingerprint density at radius 2 is 1.77 bits per heavy atom. The molecule has 1 amide bonds. The van der Waals surface area contributed by atoms with Crippen LogP contribution in [0.2, 0.25) is 0 Å². The SMILES string of the molecule is CC1CCN(C(CNC(=O)c2ccc(S(=O)(=O)N3CCCC3)cc2)c2cccs2)CC1.